The van der Waals surface area contributed by atoms with Crippen LogP contribution in [0.2, 0.25) is 5.02 Å². The molecule has 2 aromatic rings. The fourth-order valence-corrected chi connectivity index (χ4v) is 2.39. The summed E-state index contributed by atoms with van der Waals surface area (Å²) in [4.78, 5) is 8.97. The van der Waals surface area contributed by atoms with E-state index in [0.29, 0.717) is 28.0 Å². The number of anilines is 1. The molecule has 0 saturated heterocycles. The van der Waals surface area contributed by atoms with E-state index in [1.54, 1.807) is 13.2 Å². The molecular formula is C14H17ClN4O. The molecule has 0 fully saturated rings. The molecule has 0 radical (unpaired) electrons. The van der Waals surface area contributed by atoms with E-state index in [1.165, 1.54) is 0 Å². The van der Waals surface area contributed by atoms with Gasteiger partial charge in [0.05, 0.1) is 17.7 Å². The second kappa shape index (κ2) is 6.07. The Morgan fingerprint density at radius 3 is 2.70 bits per heavy atom. The van der Waals surface area contributed by atoms with Gasteiger partial charge in [0.2, 0.25) is 0 Å². The van der Waals surface area contributed by atoms with E-state index in [0.717, 1.165) is 17.7 Å². The summed E-state index contributed by atoms with van der Waals surface area (Å²) in [5, 5.41) is 0.538. The zero-order valence-corrected chi connectivity index (χ0v) is 12.5. The average molecular weight is 293 g/mol. The molecule has 0 atom stereocenters. The fraction of sp³-hybridized carbons (Fsp3) is 0.286. The van der Waals surface area contributed by atoms with Crippen LogP contribution in [0.5, 0.6) is 5.75 Å². The van der Waals surface area contributed by atoms with Crippen molar-refractivity contribution in [3.63, 3.8) is 0 Å². The molecule has 3 N–H and O–H groups in total. The van der Waals surface area contributed by atoms with E-state index in [4.69, 9.17) is 22.2 Å². The van der Waals surface area contributed by atoms with Crippen molar-refractivity contribution in [3.8, 4) is 17.1 Å². The van der Waals surface area contributed by atoms with Crippen LogP contribution in [0.1, 0.15) is 18.2 Å². The second-order valence-corrected chi connectivity index (χ2v) is 4.68. The van der Waals surface area contributed by atoms with Crippen molar-refractivity contribution in [2.45, 2.75) is 20.3 Å². The molecule has 6 heteroatoms. The lowest BCUT2D eigenvalue weighted by atomic mass is 10.1. The van der Waals surface area contributed by atoms with Gasteiger partial charge < -0.3 is 10.2 Å². The number of hydrogen-bond donors (Lipinski definition) is 2. The van der Waals surface area contributed by atoms with E-state index in [-0.39, 0.29) is 0 Å². The molecule has 0 saturated carbocycles. The number of methoxy groups -OCH3 is 1. The Bertz CT molecular complexity index is 631. The monoisotopic (exact) mass is 292 g/mol. The number of aryl methyl sites for hydroxylation is 1. The van der Waals surface area contributed by atoms with Gasteiger partial charge >= 0.3 is 0 Å². The summed E-state index contributed by atoms with van der Waals surface area (Å²) in [5.41, 5.74) is 5.14. The highest BCUT2D eigenvalue weighted by Gasteiger charge is 2.16. The van der Waals surface area contributed by atoms with Gasteiger partial charge in [0.25, 0.3) is 0 Å². The van der Waals surface area contributed by atoms with Crippen LogP contribution in [-0.2, 0) is 6.42 Å². The number of hydrogen-bond acceptors (Lipinski definition) is 5. The standard InChI is InChI=1S/C14H17ClN4O/c1-4-9-8(2)17-14(18-13(9)19-16)12-10(15)6-5-7-11(12)20-3/h5-7H,4,16H2,1-3H3,(H,17,18,19). The van der Waals surface area contributed by atoms with Crippen LogP contribution in [0.4, 0.5) is 5.82 Å². The van der Waals surface area contributed by atoms with Crippen molar-refractivity contribution in [1.29, 1.82) is 0 Å². The van der Waals surface area contributed by atoms with Gasteiger partial charge in [0, 0.05) is 11.3 Å². The highest BCUT2D eigenvalue weighted by molar-refractivity contribution is 6.33. The molecular weight excluding hydrogens is 276 g/mol. The Hall–Kier alpha value is -1.85. The van der Waals surface area contributed by atoms with Crippen LogP contribution in [0.25, 0.3) is 11.4 Å². The molecule has 1 aromatic carbocycles. The van der Waals surface area contributed by atoms with Gasteiger partial charge in [-0.2, -0.15) is 0 Å². The van der Waals surface area contributed by atoms with Gasteiger partial charge in [-0.25, -0.2) is 15.8 Å². The summed E-state index contributed by atoms with van der Waals surface area (Å²) in [7, 11) is 1.59. The van der Waals surface area contributed by atoms with Crippen LogP contribution in [0, 0.1) is 6.92 Å². The molecule has 106 valence electrons. The third-order valence-electron chi connectivity index (χ3n) is 3.12. The molecule has 0 amide bonds. The number of aromatic nitrogens is 2. The molecule has 1 aromatic heterocycles. The molecule has 0 aliphatic carbocycles. The SMILES string of the molecule is CCc1c(C)nc(-c2c(Cl)cccc2OC)nc1NN. The number of ether oxygens (including phenoxy) is 1. The Morgan fingerprint density at radius 1 is 1.35 bits per heavy atom. The Balaban J connectivity index is 2.68. The third-order valence-corrected chi connectivity index (χ3v) is 3.44. The average Bonchev–Trinajstić information content (AvgIpc) is 2.45. The van der Waals surface area contributed by atoms with Crippen molar-refractivity contribution >= 4 is 17.4 Å². The summed E-state index contributed by atoms with van der Waals surface area (Å²) in [6.07, 6.45) is 0.797. The van der Waals surface area contributed by atoms with Crippen molar-refractivity contribution in [1.82, 2.24) is 9.97 Å². The van der Waals surface area contributed by atoms with Crippen molar-refractivity contribution in [3.05, 3.63) is 34.5 Å². The Kier molecular flexibility index (Phi) is 4.42. The van der Waals surface area contributed by atoms with E-state index < -0.39 is 0 Å². The molecule has 0 spiro atoms. The lowest BCUT2D eigenvalue weighted by molar-refractivity contribution is 0.416. The molecule has 20 heavy (non-hydrogen) atoms. The molecule has 0 aliphatic heterocycles. The van der Waals surface area contributed by atoms with E-state index in [2.05, 4.69) is 15.4 Å². The summed E-state index contributed by atoms with van der Waals surface area (Å²) < 4.78 is 5.33. The predicted molar refractivity (Wildman–Crippen MR) is 81.0 cm³/mol. The van der Waals surface area contributed by atoms with Crippen LogP contribution in [0.3, 0.4) is 0 Å². The lowest BCUT2D eigenvalue weighted by Crippen LogP contribution is -2.13. The molecule has 0 unspecified atom stereocenters. The molecule has 0 bridgehead atoms. The number of hydrazine groups is 1. The van der Waals surface area contributed by atoms with E-state index >= 15 is 0 Å². The van der Waals surface area contributed by atoms with Gasteiger partial charge in [-0.05, 0) is 25.5 Å². The highest BCUT2D eigenvalue weighted by Crippen LogP contribution is 2.35. The smallest absolute Gasteiger partial charge is 0.167 e. The van der Waals surface area contributed by atoms with Crippen LogP contribution in [0.15, 0.2) is 18.2 Å². The third kappa shape index (κ3) is 2.55. The first-order chi connectivity index (χ1) is 9.62. The maximum atomic E-state index is 6.25. The number of nitrogen functional groups attached to an aromatic ring is 1. The fourth-order valence-electron chi connectivity index (χ4n) is 2.14. The summed E-state index contributed by atoms with van der Waals surface area (Å²) in [6.45, 7) is 3.95. The van der Waals surface area contributed by atoms with Gasteiger partial charge in [-0.15, -0.1) is 0 Å². The molecule has 1 heterocycles. The van der Waals surface area contributed by atoms with Crippen LogP contribution < -0.4 is 16.0 Å². The van der Waals surface area contributed by atoms with Crippen molar-refractivity contribution in [2.75, 3.05) is 12.5 Å². The second-order valence-electron chi connectivity index (χ2n) is 4.27. The maximum absolute atomic E-state index is 6.25. The number of halogens is 1. The first-order valence-electron chi connectivity index (χ1n) is 6.29. The minimum atomic E-state index is 0.495. The summed E-state index contributed by atoms with van der Waals surface area (Å²) in [5.74, 6) is 7.28. The largest absolute Gasteiger partial charge is 0.496 e. The van der Waals surface area contributed by atoms with Crippen molar-refractivity contribution in [2.24, 2.45) is 5.84 Å². The van der Waals surface area contributed by atoms with Crippen LogP contribution in [-0.4, -0.2) is 17.1 Å². The zero-order valence-electron chi connectivity index (χ0n) is 11.7. The molecule has 5 nitrogen and oxygen atoms in total. The summed E-state index contributed by atoms with van der Waals surface area (Å²) in [6, 6.07) is 5.42. The number of rotatable bonds is 4. The van der Waals surface area contributed by atoms with Gasteiger partial charge in [0.1, 0.15) is 11.6 Å². The topological polar surface area (TPSA) is 73.1 Å². The van der Waals surface area contributed by atoms with Crippen molar-refractivity contribution < 1.29 is 4.74 Å². The lowest BCUT2D eigenvalue weighted by Gasteiger charge is -2.14. The Morgan fingerprint density at radius 2 is 2.10 bits per heavy atom. The minimum Gasteiger partial charge on any atom is -0.496 e. The van der Waals surface area contributed by atoms with Crippen LogP contribution >= 0.6 is 11.6 Å². The minimum absolute atomic E-state index is 0.495. The van der Waals surface area contributed by atoms with Gasteiger partial charge in [-0.3, -0.25) is 0 Å². The predicted octanol–water partition coefficient (Wildman–Crippen LogP) is 2.96. The summed E-state index contributed by atoms with van der Waals surface area (Å²) >= 11 is 6.25. The molecule has 2 rings (SSSR count). The quantitative estimate of drug-likeness (QED) is 0.669. The highest BCUT2D eigenvalue weighted by atomic mass is 35.5. The maximum Gasteiger partial charge on any atom is 0.167 e. The number of benzene rings is 1. The van der Waals surface area contributed by atoms with E-state index in [9.17, 15) is 0 Å². The van der Waals surface area contributed by atoms with Gasteiger partial charge in [-0.1, -0.05) is 24.6 Å². The van der Waals surface area contributed by atoms with Gasteiger partial charge in [0.15, 0.2) is 5.82 Å². The Labute approximate surface area is 123 Å². The number of nitrogens with two attached hydrogens (primary N) is 1. The van der Waals surface area contributed by atoms with E-state index in [1.807, 2.05) is 26.0 Å². The first-order valence-corrected chi connectivity index (χ1v) is 6.67. The zero-order chi connectivity index (χ0) is 14.7. The number of nitrogens with one attached hydrogen (secondary N) is 1. The normalized spacial score (nSPS) is 10.4. The first kappa shape index (κ1) is 14.6. The molecule has 0 aliphatic rings. The number of nitrogens with zero attached hydrogens (tertiary/aromatic N) is 2.